The van der Waals surface area contributed by atoms with Crippen molar-refractivity contribution in [1.29, 1.82) is 5.26 Å². The van der Waals surface area contributed by atoms with E-state index in [1.165, 1.54) is 24.3 Å². The Kier molecular flexibility index (Phi) is 4.20. The Morgan fingerprint density at radius 3 is 2.60 bits per heavy atom. The molecule has 100 valence electrons. The quantitative estimate of drug-likeness (QED) is 0.819. The van der Waals surface area contributed by atoms with Crippen molar-refractivity contribution in [2.45, 2.75) is 0 Å². The fourth-order valence-corrected chi connectivity index (χ4v) is 1.93. The van der Waals surface area contributed by atoms with Gasteiger partial charge in [0.25, 0.3) is 0 Å². The molecule has 0 saturated heterocycles. The molecule has 0 aromatic heterocycles. The molecule has 2 rings (SSSR count). The third kappa shape index (κ3) is 3.05. The highest BCUT2D eigenvalue weighted by molar-refractivity contribution is 14.1. The lowest BCUT2D eigenvalue weighted by atomic mass is 10.2. The molecule has 0 radical (unpaired) electrons. The first-order valence-electron chi connectivity index (χ1n) is 5.41. The summed E-state index contributed by atoms with van der Waals surface area (Å²) in [5, 5.41) is 17.6. The van der Waals surface area contributed by atoms with E-state index in [4.69, 9.17) is 15.1 Å². The molecule has 0 aliphatic heterocycles. The maximum atomic E-state index is 13.7. The highest BCUT2D eigenvalue weighted by atomic mass is 127. The number of benzene rings is 2. The van der Waals surface area contributed by atoms with Gasteiger partial charge in [-0.25, -0.2) is 9.18 Å². The summed E-state index contributed by atoms with van der Waals surface area (Å²) < 4.78 is 19.7. The number of rotatable bonds is 3. The minimum absolute atomic E-state index is 0.0504. The van der Waals surface area contributed by atoms with Gasteiger partial charge in [-0.1, -0.05) is 0 Å². The second-order valence-corrected chi connectivity index (χ2v) is 4.97. The topological polar surface area (TPSA) is 70.3 Å². The molecule has 0 atom stereocenters. The molecule has 4 nitrogen and oxygen atoms in total. The first-order chi connectivity index (χ1) is 9.51. The molecule has 20 heavy (non-hydrogen) atoms. The van der Waals surface area contributed by atoms with Crippen LogP contribution < -0.4 is 4.74 Å². The summed E-state index contributed by atoms with van der Waals surface area (Å²) in [6.45, 7) is 0. The summed E-state index contributed by atoms with van der Waals surface area (Å²) in [5.74, 6) is -1.59. The van der Waals surface area contributed by atoms with Crippen molar-refractivity contribution >= 4 is 28.6 Å². The fourth-order valence-electron chi connectivity index (χ4n) is 1.49. The van der Waals surface area contributed by atoms with E-state index in [1.807, 2.05) is 28.7 Å². The Morgan fingerprint density at radius 1 is 1.25 bits per heavy atom. The lowest BCUT2D eigenvalue weighted by Gasteiger charge is -2.09. The molecule has 6 heteroatoms. The normalized spacial score (nSPS) is 9.85. The van der Waals surface area contributed by atoms with Gasteiger partial charge >= 0.3 is 5.97 Å². The molecule has 0 aliphatic carbocycles. The molecule has 2 aromatic rings. The summed E-state index contributed by atoms with van der Waals surface area (Å²) in [6.07, 6.45) is 0. The van der Waals surface area contributed by atoms with Gasteiger partial charge in [-0.15, -0.1) is 0 Å². The minimum atomic E-state index is -1.09. The van der Waals surface area contributed by atoms with Crippen molar-refractivity contribution in [3.05, 3.63) is 56.9 Å². The van der Waals surface area contributed by atoms with Crippen molar-refractivity contribution < 1.29 is 19.0 Å². The number of ether oxygens (including phenoxy) is 1. The maximum absolute atomic E-state index is 13.7. The van der Waals surface area contributed by atoms with Gasteiger partial charge < -0.3 is 9.84 Å². The second kappa shape index (κ2) is 5.88. The standard InChI is InChI=1S/C14H7FINO3/c15-10-5-8(7-17)1-4-12(10)20-13-6-9(14(18)19)2-3-11(13)16/h1-6H,(H,18,19). The fraction of sp³-hybridized carbons (Fsp3) is 0. The van der Waals surface area contributed by atoms with Crippen LogP contribution in [0.25, 0.3) is 0 Å². The first kappa shape index (κ1) is 14.3. The predicted molar refractivity (Wildman–Crippen MR) is 77.3 cm³/mol. The molecule has 0 fully saturated rings. The average Bonchev–Trinajstić information content (AvgIpc) is 2.42. The van der Waals surface area contributed by atoms with Crippen LogP contribution in [-0.4, -0.2) is 11.1 Å². The highest BCUT2D eigenvalue weighted by Crippen LogP contribution is 2.29. The molecule has 0 bridgehead atoms. The SMILES string of the molecule is N#Cc1ccc(Oc2cc(C(=O)O)ccc2I)c(F)c1. The summed E-state index contributed by atoms with van der Waals surface area (Å²) >= 11 is 1.96. The van der Waals surface area contributed by atoms with Gasteiger partial charge in [0.1, 0.15) is 5.75 Å². The molecule has 0 amide bonds. The van der Waals surface area contributed by atoms with Gasteiger partial charge in [0, 0.05) is 0 Å². The van der Waals surface area contributed by atoms with Gasteiger partial charge in [0.05, 0.1) is 20.8 Å². The second-order valence-electron chi connectivity index (χ2n) is 3.81. The van der Waals surface area contributed by atoms with Crippen molar-refractivity contribution in [3.63, 3.8) is 0 Å². The minimum Gasteiger partial charge on any atom is -0.478 e. The van der Waals surface area contributed by atoms with Crippen LogP contribution in [0.3, 0.4) is 0 Å². The Balaban J connectivity index is 2.37. The molecular formula is C14H7FINO3. The number of halogens is 2. The molecule has 1 N–H and O–H groups in total. The van der Waals surface area contributed by atoms with E-state index in [2.05, 4.69) is 0 Å². The predicted octanol–water partition coefficient (Wildman–Crippen LogP) is 3.79. The van der Waals surface area contributed by atoms with Gasteiger partial charge in [0.2, 0.25) is 0 Å². The third-order valence-electron chi connectivity index (χ3n) is 2.46. The Morgan fingerprint density at radius 2 is 2.00 bits per heavy atom. The Bertz CT molecular complexity index is 725. The number of carboxylic acids is 1. The van der Waals surface area contributed by atoms with Crippen LogP contribution >= 0.6 is 22.6 Å². The molecular weight excluding hydrogens is 376 g/mol. The molecule has 2 aromatic carbocycles. The largest absolute Gasteiger partial charge is 0.478 e. The molecule has 0 spiro atoms. The van der Waals surface area contributed by atoms with E-state index in [0.717, 1.165) is 6.07 Å². The van der Waals surface area contributed by atoms with Crippen LogP contribution in [0.5, 0.6) is 11.5 Å². The zero-order valence-electron chi connectivity index (χ0n) is 9.93. The highest BCUT2D eigenvalue weighted by Gasteiger charge is 2.11. The number of nitriles is 1. The summed E-state index contributed by atoms with van der Waals surface area (Å²) in [5.41, 5.74) is 0.235. The van der Waals surface area contributed by atoms with Crippen molar-refractivity contribution in [3.8, 4) is 17.6 Å². The van der Waals surface area contributed by atoms with Crippen LogP contribution in [0.4, 0.5) is 4.39 Å². The van der Waals surface area contributed by atoms with Crippen molar-refractivity contribution in [2.24, 2.45) is 0 Å². The van der Waals surface area contributed by atoms with E-state index < -0.39 is 11.8 Å². The van der Waals surface area contributed by atoms with Gasteiger partial charge in [-0.2, -0.15) is 5.26 Å². The summed E-state index contributed by atoms with van der Waals surface area (Å²) in [4.78, 5) is 10.9. The van der Waals surface area contributed by atoms with Gasteiger partial charge in [0.15, 0.2) is 11.6 Å². The Labute approximate surface area is 127 Å². The van der Waals surface area contributed by atoms with E-state index in [-0.39, 0.29) is 22.6 Å². The van der Waals surface area contributed by atoms with Gasteiger partial charge in [-0.3, -0.25) is 0 Å². The third-order valence-corrected chi connectivity index (χ3v) is 3.35. The number of hydrogen-bond acceptors (Lipinski definition) is 3. The summed E-state index contributed by atoms with van der Waals surface area (Å²) in [6, 6.07) is 9.96. The molecule has 0 unspecified atom stereocenters. The summed E-state index contributed by atoms with van der Waals surface area (Å²) in [7, 11) is 0. The number of nitrogens with zero attached hydrogens (tertiary/aromatic N) is 1. The van der Waals surface area contributed by atoms with E-state index in [0.29, 0.717) is 3.57 Å². The van der Waals surface area contributed by atoms with Crippen LogP contribution in [-0.2, 0) is 0 Å². The van der Waals surface area contributed by atoms with Gasteiger partial charge in [-0.05, 0) is 59.0 Å². The molecule has 0 saturated carbocycles. The van der Waals surface area contributed by atoms with E-state index >= 15 is 0 Å². The smallest absolute Gasteiger partial charge is 0.335 e. The van der Waals surface area contributed by atoms with Crippen molar-refractivity contribution in [2.75, 3.05) is 0 Å². The zero-order chi connectivity index (χ0) is 14.7. The van der Waals surface area contributed by atoms with Crippen molar-refractivity contribution in [1.82, 2.24) is 0 Å². The number of hydrogen-bond donors (Lipinski definition) is 1. The Hall–Kier alpha value is -2.14. The maximum Gasteiger partial charge on any atom is 0.335 e. The first-order valence-corrected chi connectivity index (χ1v) is 6.49. The molecule has 0 aliphatic rings. The van der Waals surface area contributed by atoms with E-state index in [1.54, 1.807) is 6.07 Å². The monoisotopic (exact) mass is 383 g/mol. The van der Waals surface area contributed by atoms with Crippen LogP contribution in [0, 0.1) is 20.7 Å². The average molecular weight is 383 g/mol. The van der Waals surface area contributed by atoms with Crippen LogP contribution in [0.2, 0.25) is 0 Å². The lowest BCUT2D eigenvalue weighted by molar-refractivity contribution is 0.0696. The van der Waals surface area contributed by atoms with Crippen LogP contribution in [0.15, 0.2) is 36.4 Å². The number of aromatic carboxylic acids is 1. The molecule has 0 heterocycles. The number of carboxylic acid groups (broad SMARTS) is 1. The van der Waals surface area contributed by atoms with Crippen LogP contribution in [0.1, 0.15) is 15.9 Å². The lowest BCUT2D eigenvalue weighted by Crippen LogP contribution is -1.98. The zero-order valence-corrected chi connectivity index (χ0v) is 12.1. The number of carbonyl (C=O) groups is 1. The van der Waals surface area contributed by atoms with E-state index in [9.17, 15) is 9.18 Å².